The Morgan fingerprint density at radius 2 is 1.29 bits per heavy atom. The molecule has 0 rings (SSSR count). The van der Waals surface area contributed by atoms with Crippen molar-refractivity contribution in [2.45, 2.75) is 104 Å². The van der Waals surface area contributed by atoms with Crippen molar-refractivity contribution >= 4 is 5.97 Å². The molecule has 1 unspecified atom stereocenters. The molecule has 0 aliphatic rings. The lowest BCUT2D eigenvalue weighted by Gasteiger charge is -2.13. The van der Waals surface area contributed by atoms with Crippen LogP contribution in [0.15, 0.2) is 0 Å². The van der Waals surface area contributed by atoms with E-state index in [-0.39, 0.29) is 11.9 Å². The second-order valence-electron chi connectivity index (χ2n) is 6.24. The third-order valence-corrected chi connectivity index (χ3v) is 4.22. The molecule has 0 saturated carbocycles. The molecule has 1 atom stereocenters. The molecule has 2 nitrogen and oxygen atoms in total. The first-order valence-electron chi connectivity index (χ1n) is 9.42. The fourth-order valence-electron chi connectivity index (χ4n) is 2.66. The number of carbonyl (C=O) groups excluding carboxylic acids is 1. The van der Waals surface area contributed by atoms with Crippen LogP contribution in [0.3, 0.4) is 0 Å². The van der Waals surface area contributed by atoms with E-state index in [0.717, 1.165) is 25.7 Å². The molecule has 0 radical (unpaired) electrons. The van der Waals surface area contributed by atoms with Gasteiger partial charge in [0.15, 0.2) is 0 Å². The quantitative estimate of drug-likeness (QED) is 0.263. The van der Waals surface area contributed by atoms with Gasteiger partial charge in [-0.1, -0.05) is 85.0 Å². The Hall–Kier alpha value is -0.530. The molecule has 0 fully saturated rings. The predicted octanol–water partition coefficient (Wildman–Crippen LogP) is 6.28. The van der Waals surface area contributed by atoms with Crippen molar-refractivity contribution < 1.29 is 9.53 Å². The minimum absolute atomic E-state index is 0.0385. The monoisotopic (exact) mass is 298 g/mol. The maximum absolute atomic E-state index is 12.0. The van der Waals surface area contributed by atoms with Crippen LogP contribution >= 0.6 is 0 Å². The first kappa shape index (κ1) is 20.5. The molecule has 0 aromatic rings. The first-order chi connectivity index (χ1) is 10.3. The molecule has 0 aromatic carbocycles. The van der Waals surface area contributed by atoms with Crippen molar-refractivity contribution in [1.29, 1.82) is 0 Å². The molecule has 0 bridgehead atoms. The van der Waals surface area contributed by atoms with Gasteiger partial charge in [-0.15, -0.1) is 0 Å². The van der Waals surface area contributed by atoms with Crippen LogP contribution in [0.25, 0.3) is 0 Å². The third kappa shape index (κ3) is 12.9. The number of hydrogen-bond donors (Lipinski definition) is 0. The average Bonchev–Trinajstić information content (AvgIpc) is 2.50. The summed E-state index contributed by atoms with van der Waals surface area (Å²) in [4.78, 5) is 12.0. The van der Waals surface area contributed by atoms with E-state index >= 15 is 0 Å². The van der Waals surface area contributed by atoms with Gasteiger partial charge in [0.1, 0.15) is 0 Å². The highest BCUT2D eigenvalue weighted by Gasteiger charge is 2.16. The predicted molar refractivity (Wildman–Crippen MR) is 91.5 cm³/mol. The van der Waals surface area contributed by atoms with Crippen LogP contribution in [0.1, 0.15) is 104 Å². The van der Waals surface area contributed by atoms with E-state index in [9.17, 15) is 4.79 Å². The molecular weight excluding hydrogens is 260 g/mol. The van der Waals surface area contributed by atoms with Gasteiger partial charge in [-0.05, 0) is 19.3 Å². The Bertz CT molecular complexity index is 226. The summed E-state index contributed by atoms with van der Waals surface area (Å²) in [6.07, 6.45) is 15.8. The standard InChI is InChI=1S/C19H38O2/c1-4-7-9-10-11-12-13-15-17-21-19(20)18(6-3)16-14-8-5-2/h18H,4-17H2,1-3H3. The van der Waals surface area contributed by atoms with E-state index in [2.05, 4.69) is 20.8 Å². The zero-order valence-electron chi connectivity index (χ0n) is 14.8. The van der Waals surface area contributed by atoms with Crippen LogP contribution in [-0.2, 0) is 9.53 Å². The van der Waals surface area contributed by atoms with Crippen molar-refractivity contribution in [3.05, 3.63) is 0 Å². The van der Waals surface area contributed by atoms with Gasteiger partial charge < -0.3 is 4.74 Å². The van der Waals surface area contributed by atoms with Gasteiger partial charge in [0.2, 0.25) is 0 Å². The number of rotatable bonds is 15. The van der Waals surface area contributed by atoms with Crippen LogP contribution in [-0.4, -0.2) is 12.6 Å². The zero-order chi connectivity index (χ0) is 15.8. The zero-order valence-corrected chi connectivity index (χ0v) is 14.8. The van der Waals surface area contributed by atoms with Crippen LogP contribution in [0, 0.1) is 5.92 Å². The minimum atomic E-state index is 0.0385. The van der Waals surface area contributed by atoms with Crippen LogP contribution in [0.2, 0.25) is 0 Å². The lowest BCUT2D eigenvalue weighted by Crippen LogP contribution is -2.17. The topological polar surface area (TPSA) is 26.3 Å². The van der Waals surface area contributed by atoms with Gasteiger partial charge in [0.05, 0.1) is 12.5 Å². The summed E-state index contributed by atoms with van der Waals surface area (Å²) in [7, 11) is 0. The Morgan fingerprint density at radius 3 is 1.86 bits per heavy atom. The third-order valence-electron chi connectivity index (χ3n) is 4.22. The maximum Gasteiger partial charge on any atom is 0.308 e. The minimum Gasteiger partial charge on any atom is -0.465 e. The van der Waals surface area contributed by atoms with E-state index in [4.69, 9.17) is 4.74 Å². The number of carbonyl (C=O) groups is 1. The van der Waals surface area contributed by atoms with E-state index in [0.29, 0.717) is 6.61 Å². The SMILES string of the molecule is CCCCCCCCCCOC(=O)C(CC)CCCCC. The molecule has 0 amide bonds. The largest absolute Gasteiger partial charge is 0.465 e. The molecule has 0 saturated heterocycles. The normalized spacial score (nSPS) is 12.3. The molecule has 0 aliphatic heterocycles. The molecule has 0 heterocycles. The highest BCUT2D eigenvalue weighted by atomic mass is 16.5. The number of hydrogen-bond acceptors (Lipinski definition) is 2. The van der Waals surface area contributed by atoms with Crippen LogP contribution in [0.4, 0.5) is 0 Å². The summed E-state index contributed by atoms with van der Waals surface area (Å²) in [5, 5.41) is 0. The summed E-state index contributed by atoms with van der Waals surface area (Å²) >= 11 is 0. The number of ether oxygens (including phenoxy) is 1. The molecule has 126 valence electrons. The number of unbranched alkanes of at least 4 members (excludes halogenated alkanes) is 9. The van der Waals surface area contributed by atoms with Gasteiger partial charge in [0, 0.05) is 0 Å². The summed E-state index contributed by atoms with van der Waals surface area (Å²) in [6, 6.07) is 0. The van der Waals surface area contributed by atoms with Gasteiger partial charge in [0.25, 0.3) is 0 Å². The second kappa shape index (κ2) is 15.9. The molecule has 0 aromatic heterocycles. The Kier molecular flexibility index (Phi) is 15.5. The maximum atomic E-state index is 12.0. The molecule has 0 N–H and O–H groups in total. The summed E-state index contributed by atoms with van der Waals surface area (Å²) < 4.78 is 5.43. The van der Waals surface area contributed by atoms with Crippen molar-refractivity contribution in [1.82, 2.24) is 0 Å². The molecule has 21 heavy (non-hydrogen) atoms. The molecule has 2 heteroatoms. The van der Waals surface area contributed by atoms with Crippen molar-refractivity contribution in [2.75, 3.05) is 6.61 Å². The first-order valence-corrected chi connectivity index (χ1v) is 9.42. The second-order valence-corrected chi connectivity index (χ2v) is 6.24. The Labute approximate surface area is 133 Å². The summed E-state index contributed by atoms with van der Waals surface area (Å²) in [6.45, 7) is 7.16. The van der Waals surface area contributed by atoms with Crippen LogP contribution in [0.5, 0.6) is 0 Å². The Morgan fingerprint density at radius 1 is 0.762 bits per heavy atom. The van der Waals surface area contributed by atoms with Gasteiger partial charge in [-0.25, -0.2) is 0 Å². The lowest BCUT2D eigenvalue weighted by atomic mass is 9.99. The van der Waals surface area contributed by atoms with Crippen molar-refractivity contribution in [3.63, 3.8) is 0 Å². The van der Waals surface area contributed by atoms with Crippen molar-refractivity contribution in [3.8, 4) is 0 Å². The summed E-state index contributed by atoms with van der Waals surface area (Å²) in [5.41, 5.74) is 0. The van der Waals surface area contributed by atoms with Gasteiger partial charge in [-0.2, -0.15) is 0 Å². The van der Waals surface area contributed by atoms with E-state index in [1.165, 1.54) is 57.8 Å². The fraction of sp³-hybridized carbons (Fsp3) is 0.947. The average molecular weight is 299 g/mol. The van der Waals surface area contributed by atoms with E-state index in [1.54, 1.807) is 0 Å². The van der Waals surface area contributed by atoms with Crippen molar-refractivity contribution in [2.24, 2.45) is 5.92 Å². The summed E-state index contributed by atoms with van der Waals surface area (Å²) in [5.74, 6) is 0.169. The fourth-order valence-corrected chi connectivity index (χ4v) is 2.66. The van der Waals surface area contributed by atoms with E-state index < -0.39 is 0 Å². The van der Waals surface area contributed by atoms with Gasteiger partial charge >= 0.3 is 5.97 Å². The smallest absolute Gasteiger partial charge is 0.308 e. The van der Waals surface area contributed by atoms with Gasteiger partial charge in [-0.3, -0.25) is 4.79 Å². The lowest BCUT2D eigenvalue weighted by molar-refractivity contribution is -0.149. The number of esters is 1. The van der Waals surface area contributed by atoms with Crippen LogP contribution < -0.4 is 0 Å². The molecular formula is C19H38O2. The highest BCUT2D eigenvalue weighted by molar-refractivity contribution is 5.72. The molecule has 0 aliphatic carbocycles. The highest BCUT2D eigenvalue weighted by Crippen LogP contribution is 2.16. The Balaban J connectivity index is 3.46. The van der Waals surface area contributed by atoms with E-state index in [1.807, 2.05) is 0 Å². The molecule has 0 spiro atoms.